The first-order chi connectivity index (χ1) is 14.1. The lowest BCUT2D eigenvalue weighted by Gasteiger charge is -2.09. The third-order valence-corrected chi connectivity index (χ3v) is 3.80. The Hall–Kier alpha value is -3.85. The molecule has 0 aliphatic carbocycles. The molecule has 0 aliphatic rings. The maximum atomic E-state index is 12.1. The Labute approximate surface area is 167 Å². The number of rotatable bonds is 6. The molecule has 0 heterocycles. The van der Waals surface area contributed by atoms with Crippen LogP contribution >= 0.6 is 0 Å². The van der Waals surface area contributed by atoms with Gasteiger partial charge < -0.3 is 15.4 Å². The summed E-state index contributed by atoms with van der Waals surface area (Å²) in [6, 6.07) is 22.8. The van der Waals surface area contributed by atoms with E-state index >= 15 is 0 Å². The number of alkyl halides is 2. The number of carbonyl (C=O) groups excluding carboxylic acids is 1. The van der Waals surface area contributed by atoms with Gasteiger partial charge in [0.15, 0.2) is 0 Å². The number of ether oxygens (including phenoxy) is 1. The summed E-state index contributed by atoms with van der Waals surface area (Å²) >= 11 is 0. The van der Waals surface area contributed by atoms with Crippen molar-refractivity contribution in [1.29, 1.82) is 0 Å². The molecule has 3 aromatic carbocycles. The van der Waals surface area contributed by atoms with Crippen molar-refractivity contribution in [1.82, 2.24) is 0 Å². The van der Waals surface area contributed by atoms with Crippen LogP contribution in [0.1, 0.15) is 11.1 Å². The van der Waals surface area contributed by atoms with E-state index in [1.165, 1.54) is 24.3 Å². The number of anilines is 2. The van der Waals surface area contributed by atoms with Crippen molar-refractivity contribution >= 4 is 17.3 Å². The van der Waals surface area contributed by atoms with E-state index in [-0.39, 0.29) is 18.2 Å². The molecule has 1 amide bonds. The van der Waals surface area contributed by atoms with E-state index in [0.29, 0.717) is 5.69 Å². The molecule has 0 atom stereocenters. The van der Waals surface area contributed by atoms with Crippen molar-refractivity contribution in [3.63, 3.8) is 0 Å². The minimum absolute atomic E-state index is 0.0320. The number of hydrogen-bond acceptors (Lipinski definition) is 3. The first-order valence-electron chi connectivity index (χ1n) is 8.84. The minimum atomic E-state index is -2.88. The Balaban J connectivity index is 1.53. The summed E-state index contributed by atoms with van der Waals surface area (Å²) in [6.07, 6.45) is 0. The molecule has 0 radical (unpaired) electrons. The second-order valence-corrected chi connectivity index (χ2v) is 6.00. The Bertz CT molecular complexity index is 1010. The minimum Gasteiger partial charge on any atom is -0.435 e. The van der Waals surface area contributed by atoms with Gasteiger partial charge in [-0.25, -0.2) is 0 Å². The molecule has 146 valence electrons. The zero-order valence-electron chi connectivity index (χ0n) is 15.4. The van der Waals surface area contributed by atoms with E-state index in [1.54, 1.807) is 0 Å². The first-order valence-corrected chi connectivity index (χ1v) is 8.84. The maximum absolute atomic E-state index is 12.1. The van der Waals surface area contributed by atoms with E-state index in [0.717, 1.165) is 16.8 Å². The summed E-state index contributed by atoms with van der Waals surface area (Å²) in [5, 5.41) is 5.72. The van der Waals surface area contributed by atoms with Crippen molar-refractivity contribution < 1.29 is 18.3 Å². The monoisotopic (exact) mass is 392 g/mol. The van der Waals surface area contributed by atoms with E-state index in [4.69, 9.17) is 0 Å². The molecule has 0 bridgehead atoms. The zero-order chi connectivity index (χ0) is 20.5. The largest absolute Gasteiger partial charge is 0.435 e. The van der Waals surface area contributed by atoms with Crippen LogP contribution in [0.2, 0.25) is 0 Å². The Morgan fingerprint density at radius 2 is 1.55 bits per heavy atom. The summed E-state index contributed by atoms with van der Waals surface area (Å²) in [6.45, 7) is -2.84. The Kier molecular flexibility index (Phi) is 6.80. The molecular weight excluding hydrogens is 374 g/mol. The number of hydrogen-bond donors (Lipinski definition) is 2. The molecule has 3 aromatic rings. The predicted octanol–water partition coefficient (Wildman–Crippen LogP) is 4.74. The van der Waals surface area contributed by atoms with Gasteiger partial charge in [-0.2, -0.15) is 8.78 Å². The molecule has 0 aliphatic heterocycles. The van der Waals surface area contributed by atoms with Crippen LogP contribution in [0, 0.1) is 11.8 Å². The topological polar surface area (TPSA) is 50.4 Å². The molecule has 0 fully saturated rings. The van der Waals surface area contributed by atoms with E-state index < -0.39 is 6.61 Å². The summed E-state index contributed by atoms with van der Waals surface area (Å²) in [4.78, 5) is 12.1. The van der Waals surface area contributed by atoms with Gasteiger partial charge in [-0.15, -0.1) is 0 Å². The van der Waals surface area contributed by atoms with E-state index in [2.05, 4.69) is 27.2 Å². The molecule has 4 nitrogen and oxygen atoms in total. The van der Waals surface area contributed by atoms with Gasteiger partial charge in [0.05, 0.1) is 6.54 Å². The van der Waals surface area contributed by atoms with E-state index in [9.17, 15) is 13.6 Å². The van der Waals surface area contributed by atoms with Crippen LogP contribution in [0.3, 0.4) is 0 Å². The molecule has 0 spiro atoms. The van der Waals surface area contributed by atoms with Crippen LogP contribution < -0.4 is 15.4 Å². The van der Waals surface area contributed by atoms with Crippen LogP contribution in [-0.2, 0) is 4.79 Å². The lowest BCUT2D eigenvalue weighted by Crippen LogP contribution is -2.21. The van der Waals surface area contributed by atoms with Crippen LogP contribution in [0.5, 0.6) is 5.75 Å². The van der Waals surface area contributed by atoms with Gasteiger partial charge in [-0.05, 0) is 54.6 Å². The smallest absolute Gasteiger partial charge is 0.387 e. The predicted molar refractivity (Wildman–Crippen MR) is 109 cm³/mol. The number of halogens is 2. The van der Waals surface area contributed by atoms with Gasteiger partial charge in [0.1, 0.15) is 5.75 Å². The third-order valence-electron chi connectivity index (χ3n) is 3.80. The second kappa shape index (κ2) is 9.90. The molecule has 29 heavy (non-hydrogen) atoms. The summed E-state index contributed by atoms with van der Waals surface area (Å²) in [7, 11) is 0. The van der Waals surface area contributed by atoms with Crippen LogP contribution in [0.25, 0.3) is 0 Å². The first kappa shape index (κ1) is 19.9. The highest BCUT2D eigenvalue weighted by Crippen LogP contribution is 2.17. The SMILES string of the molecule is O=C(CNc1cccc(C#Cc2ccccc2)c1)Nc1ccc(OC(F)F)cc1. The van der Waals surface area contributed by atoms with E-state index in [1.807, 2.05) is 54.6 Å². The number of nitrogens with one attached hydrogen (secondary N) is 2. The lowest BCUT2D eigenvalue weighted by molar-refractivity contribution is -0.114. The fourth-order valence-electron chi connectivity index (χ4n) is 2.48. The summed E-state index contributed by atoms with van der Waals surface area (Å²) < 4.78 is 28.6. The average molecular weight is 392 g/mol. The third kappa shape index (κ3) is 6.67. The highest BCUT2D eigenvalue weighted by molar-refractivity contribution is 5.93. The van der Waals surface area contributed by atoms with Crippen LogP contribution in [0.15, 0.2) is 78.9 Å². The lowest BCUT2D eigenvalue weighted by atomic mass is 10.1. The van der Waals surface area contributed by atoms with Gasteiger partial charge in [0, 0.05) is 22.5 Å². The van der Waals surface area contributed by atoms with Gasteiger partial charge in [-0.3, -0.25) is 4.79 Å². The second-order valence-electron chi connectivity index (χ2n) is 6.00. The summed E-state index contributed by atoms with van der Waals surface area (Å²) in [5.41, 5.74) is 3.01. The van der Waals surface area contributed by atoms with Gasteiger partial charge in [-0.1, -0.05) is 36.1 Å². The quantitative estimate of drug-likeness (QED) is 0.596. The molecule has 2 N–H and O–H groups in total. The maximum Gasteiger partial charge on any atom is 0.387 e. The van der Waals surface area contributed by atoms with Crippen molar-refractivity contribution in [3.05, 3.63) is 90.0 Å². The number of amides is 1. The number of carbonyl (C=O) groups is 1. The van der Waals surface area contributed by atoms with Crippen LogP contribution in [-0.4, -0.2) is 19.1 Å². The van der Waals surface area contributed by atoms with Crippen molar-refractivity contribution in [3.8, 4) is 17.6 Å². The highest BCUT2D eigenvalue weighted by atomic mass is 19.3. The molecule has 6 heteroatoms. The fraction of sp³-hybridized carbons (Fsp3) is 0.0870. The van der Waals surface area contributed by atoms with Gasteiger partial charge in [0.25, 0.3) is 0 Å². The normalized spacial score (nSPS) is 10.0. The van der Waals surface area contributed by atoms with Crippen molar-refractivity contribution in [2.75, 3.05) is 17.2 Å². The molecule has 0 aromatic heterocycles. The zero-order valence-corrected chi connectivity index (χ0v) is 15.4. The Morgan fingerprint density at radius 1 is 0.862 bits per heavy atom. The molecule has 0 saturated carbocycles. The average Bonchev–Trinajstić information content (AvgIpc) is 2.73. The Morgan fingerprint density at radius 3 is 2.28 bits per heavy atom. The van der Waals surface area contributed by atoms with Crippen molar-refractivity contribution in [2.24, 2.45) is 0 Å². The molecule has 0 unspecified atom stereocenters. The molecular formula is C23H18F2N2O2. The highest BCUT2D eigenvalue weighted by Gasteiger charge is 2.06. The standard InChI is InChI=1S/C23H18F2N2O2/c24-23(25)29-21-13-11-19(12-14-21)27-22(28)16-26-20-8-4-7-18(15-20)10-9-17-5-2-1-3-6-17/h1-8,11-15,23,26H,16H2,(H,27,28). The van der Waals surface area contributed by atoms with Crippen LogP contribution in [0.4, 0.5) is 20.2 Å². The number of benzene rings is 3. The van der Waals surface area contributed by atoms with Gasteiger partial charge in [0.2, 0.25) is 5.91 Å². The molecule has 3 rings (SSSR count). The summed E-state index contributed by atoms with van der Waals surface area (Å²) in [5.74, 6) is 5.94. The van der Waals surface area contributed by atoms with Crippen molar-refractivity contribution in [2.45, 2.75) is 6.61 Å². The fourth-order valence-corrected chi connectivity index (χ4v) is 2.48. The molecule has 0 saturated heterocycles. The van der Waals surface area contributed by atoms with Gasteiger partial charge >= 0.3 is 6.61 Å².